The summed E-state index contributed by atoms with van der Waals surface area (Å²) in [6.45, 7) is 2.30. The predicted octanol–water partition coefficient (Wildman–Crippen LogP) is 5.45. The summed E-state index contributed by atoms with van der Waals surface area (Å²) in [5.74, 6) is 0.732. The molecule has 5 heteroatoms. The highest BCUT2D eigenvalue weighted by Gasteiger charge is 2.38. The summed E-state index contributed by atoms with van der Waals surface area (Å²) in [6.07, 6.45) is 9.59. The van der Waals surface area contributed by atoms with Gasteiger partial charge in [-0.2, -0.15) is 0 Å². The van der Waals surface area contributed by atoms with Crippen LogP contribution < -0.4 is 5.32 Å². The lowest BCUT2D eigenvalue weighted by molar-refractivity contribution is 0.299. The van der Waals surface area contributed by atoms with Gasteiger partial charge in [0.1, 0.15) is 5.82 Å². The largest absolute Gasteiger partial charge is 0.396 e. The Morgan fingerprint density at radius 3 is 2.88 bits per heavy atom. The maximum absolute atomic E-state index is 14.7. The highest BCUT2D eigenvalue weighted by atomic mass is 19.1. The van der Waals surface area contributed by atoms with Crippen molar-refractivity contribution in [2.24, 2.45) is 5.92 Å². The molecule has 0 radical (unpaired) electrons. The first-order chi connectivity index (χ1) is 15.6. The lowest BCUT2D eigenvalue weighted by Crippen LogP contribution is -2.28. The molecule has 4 nitrogen and oxygen atoms in total. The summed E-state index contributed by atoms with van der Waals surface area (Å²) < 4.78 is 14.7. The molecule has 0 aliphatic heterocycles. The Hall–Kier alpha value is -3.31. The van der Waals surface area contributed by atoms with Crippen LogP contribution in [0, 0.1) is 11.7 Å². The second-order valence-electron chi connectivity index (χ2n) is 8.57. The summed E-state index contributed by atoms with van der Waals surface area (Å²) in [6, 6.07) is 15.0. The van der Waals surface area contributed by atoms with Crippen molar-refractivity contribution < 1.29 is 9.50 Å². The molecule has 0 amide bonds. The van der Waals surface area contributed by atoms with E-state index in [9.17, 15) is 9.50 Å². The minimum absolute atomic E-state index is 0.0151. The van der Waals surface area contributed by atoms with Crippen LogP contribution in [0.5, 0.6) is 0 Å². The zero-order chi connectivity index (χ0) is 22.1. The van der Waals surface area contributed by atoms with E-state index in [1.807, 2.05) is 42.6 Å². The van der Waals surface area contributed by atoms with Gasteiger partial charge in [0.25, 0.3) is 0 Å². The standard InChI is InChI=1S/C27H26FN3O/c1-17-6-4-10-22-23(21-9-2-3-11-24(21)28)15-19-16-29-27(31-26(19)25(17)22)30-20-8-5-7-18(14-20)12-13-32/h2-11,14,16-17,23,25,32H,12-13,15H2,1H3,(H,29,30,31)/t17?,23-,25?/m0/s1. The summed E-state index contributed by atoms with van der Waals surface area (Å²) in [5, 5.41) is 12.5. The van der Waals surface area contributed by atoms with E-state index in [2.05, 4.69) is 35.5 Å². The quantitative estimate of drug-likeness (QED) is 0.569. The Labute approximate surface area is 187 Å². The maximum atomic E-state index is 14.7. The minimum atomic E-state index is -0.162. The third-order valence-corrected chi connectivity index (χ3v) is 6.47. The fourth-order valence-corrected chi connectivity index (χ4v) is 4.95. The first-order valence-corrected chi connectivity index (χ1v) is 11.1. The van der Waals surface area contributed by atoms with Crippen molar-refractivity contribution in [3.05, 3.63) is 107 Å². The van der Waals surface area contributed by atoms with Crippen LogP contribution in [0.1, 0.15) is 41.1 Å². The van der Waals surface area contributed by atoms with Crippen molar-refractivity contribution in [1.82, 2.24) is 9.97 Å². The van der Waals surface area contributed by atoms with Crippen LogP contribution in [0.3, 0.4) is 0 Å². The zero-order valence-electron chi connectivity index (χ0n) is 18.0. The van der Waals surface area contributed by atoms with E-state index in [0.29, 0.717) is 18.8 Å². The molecule has 0 spiro atoms. The summed E-state index contributed by atoms with van der Waals surface area (Å²) >= 11 is 0. The normalized spacial score (nSPS) is 21.5. The van der Waals surface area contributed by atoms with E-state index in [4.69, 9.17) is 4.98 Å². The monoisotopic (exact) mass is 427 g/mol. The molecular formula is C27H26FN3O. The van der Waals surface area contributed by atoms with Crippen molar-refractivity contribution >= 4 is 11.6 Å². The number of rotatable bonds is 5. The van der Waals surface area contributed by atoms with Gasteiger partial charge in [-0.05, 0) is 53.6 Å². The molecule has 0 saturated heterocycles. The number of aliphatic hydroxyl groups is 1. The van der Waals surface area contributed by atoms with Crippen molar-refractivity contribution in [2.75, 3.05) is 11.9 Å². The van der Waals surface area contributed by atoms with Crippen LogP contribution in [-0.4, -0.2) is 21.7 Å². The number of aliphatic hydroxyl groups excluding tert-OH is 1. The number of fused-ring (bicyclic) bond motifs is 3. The average Bonchev–Trinajstić information content (AvgIpc) is 2.80. The number of halogens is 1. The molecule has 2 aliphatic carbocycles. The molecule has 0 bridgehead atoms. The molecule has 3 aromatic rings. The Balaban J connectivity index is 1.51. The first-order valence-electron chi connectivity index (χ1n) is 11.1. The van der Waals surface area contributed by atoms with Gasteiger partial charge in [0.2, 0.25) is 5.95 Å². The highest BCUT2D eigenvalue weighted by molar-refractivity contribution is 5.56. The number of benzene rings is 2. The zero-order valence-corrected chi connectivity index (χ0v) is 18.0. The van der Waals surface area contributed by atoms with E-state index in [1.54, 1.807) is 6.07 Å². The van der Waals surface area contributed by atoms with Gasteiger partial charge in [-0.1, -0.05) is 61.1 Å². The smallest absolute Gasteiger partial charge is 0.227 e. The lowest BCUT2D eigenvalue weighted by Gasteiger charge is -2.38. The SMILES string of the molecule is CC1C=CC=C2C1c1nc(Nc3cccc(CCO)c3)ncc1C[C@H]2c1ccccc1F. The molecule has 0 fully saturated rings. The van der Waals surface area contributed by atoms with Gasteiger partial charge in [0.05, 0.1) is 5.69 Å². The summed E-state index contributed by atoms with van der Waals surface area (Å²) in [5.41, 5.74) is 5.99. The third kappa shape index (κ3) is 3.84. The van der Waals surface area contributed by atoms with Crippen LogP contribution in [-0.2, 0) is 12.8 Å². The molecule has 3 atom stereocenters. The first kappa shape index (κ1) is 20.6. The fraction of sp³-hybridized carbons (Fsp3) is 0.259. The third-order valence-electron chi connectivity index (χ3n) is 6.47. The summed E-state index contributed by atoms with van der Waals surface area (Å²) in [4.78, 5) is 9.50. The van der Waals surface area contributed by atoms with E-state index < -0.39 is 0 Å². The van der Waals surface area contributed by atoms with Crippen molar-refractivity contribution in [3.8, 4) is 0 Å². The number of hydrogen-bond donors (Lipinski definition) is 2. The number of nitrogens with one attached hydrogen (secondary N) is 1. The molecule has 2 aliphatic rings. The molecule has 1 heterocycles. The van der Waals surface area contributed by atoms with Crippen LogP contribution >= 0.6 is 0 Å². The number of aromatic nitrogens is 2. The molecule has 5 rings (SSSR count). The van der Waals surface area contributed by atoms with Gasteiger partial charge in [0, 0.05) is 30.3 Å². The number of anilines is 2. The van der Waals surface area contributed by atoms with Gasteiger partial charge in [-0.25, -0.2) is 14.4 Å². The van der Waals surface area contributed by atoms with Gasteiger partial charge < -0.3 is 10.4 Å². The van der Waals surface area contributed by atoms with E-state index in [-0.39, 0.29) is 30.2 Å². The fourth-order valence-electron chi connectivity index (χ4n) is 4.95. The number of allylic oxidation sites excluding steroid dienone is 4. The summed E-state index contributed by atoms with van der Waals surface area (Å²) in [7, 11) is 0. The maximum Gasteiger partial charge on any atom is 0.227 e. The van der Waals surface area contributed by atoms with Crippen molar-refractivity contribution in [2.45, 2.75) is 31.6 Å². The van der Waals surface area contributed by atoms with Gasteiger partial charge in [-0.3, -0.25) is 0 Å². The van der Waals surface area contributed by atoms with Crippen molar-refractivity contribution in [3.63, 3.8) is 0 Å². The Morgan fingerprint density at radius 2 is 2.03 bits per heavy atom. The van der Waals surface area contributed by atoms with E-state index >= 15 is 0 Å². The van der Waals surface area contributed by atoms with Crippen LogP contribution in [0.25, 0.3) is 0 Å². The topological polar surface area (TPSA) is 58.0 Å². The lowest BCUT2D eigenvalue weighted by atomic mass is 9.67. The highest BCUT2D eigenvalue weighted by Crippen LogP contribution is 2.49. The van der Waals surface area contributed by atoms with E-state index in [1.165, 1.54) is 11.6 Å². The Bertz CT molecular complexity index is 1200. The molecule has 2 aromatic carbocycles. The minimum Gasteiger partial charge on any atom is -0.396 e. The number of nitrogens with zero attached hydrogens (tertiary/aromatic N) is 2. The molecular weight excluding hydrogens is 401 g/mol. The Kier molecular flexibility index (Phi) is 5.58. The second kappa shape index (κ2) is 8.67. The average molecular weight is 428 g/mol. The van der Waals surface area contributed by atoms with Crippen LogP contribution in [0.15, 0.2) is 78.5 Å². The van der Waals surface area contributed by atoms with E-state index in [0.717, 1.165) is 28.1 Å². The van der Waals surface area contributed by atoms with Gasteiger partial charge >= 0.3 is 0 Å². The Morgan fingerprint density at radius 1 is 1.16 bits per heavy atom. The number of hydrogen-bond acceptors (Lipinski definition) is 4. The molecule has 32 heavy (non-hydrogen) atoms. The molecule has 2 unspecified atom stereocenters. The van der Waals surface area contributed by atoms with Crippen LogP contribution in [0.4, 0.5) is 16.0 Å². The molecule has 162 valence electrons. The molecule has 2 N–H and O–H groups in total. The molecule has 0 saturated carbocycles. The predicted molar refractivity (Wildman–Crippen MR) is 125 cm³/mol. The van der Waals surface area contributed by atoms with Crippen molar-refractivity contribution in [1.29, 1.82) is 0 Å². The molecule has 1 aromatic heterocycles. The van der Waals surface area contributed by atoms with Crippen LogP contribution in [0.2, 0.25) is 0 Å². The second-order valence-corrected chi connectivity index (χ2v) is 8.57. The van der Waals surface area contributed by atoms with Gasteiger partial charge in [-0.15, -0.1) is 0 Å². The van der Waals surface area contributed by atoms with Gasteiger partial charge in [0.15, 0.2) is 0 Å².